The number of hydrogen-bond acceptors (Lipinski definition) is 2. The number of rotatable bonds is 2. The molecule has 1 aliphatic heterocycles. The van der Waals surface area contributed by atoms with E-state index < -0.39 is 5.60 Å². The summed E-state index contributed by atoms with van der Waals surface area (Å²) in [4.78, 5) is 14.2. The van der Waals surface area contributed by atoms with Gasteiger partial charge in [-0.1, -0.05) is 31.0 Å². The Morgan fingerprint density at radius 3 is 2.72 bits per heavy atom. The average molecular weight is 245 g/mol. The standard InChI is InChI=1S/C15H19NO2/c17-14-13-6-2-1-5-12(13)7-10-16(14)11-15(18)8-3-4-9-15/h1-2,5-6,18H,3-4,7-11H2. The van der Waals surface area contributed by atoms with Crippen molar-refractivity contribution in [2.45, 2.75) is 37.7 Å². The molecular formula is C15H19NO2. The van der Waals surface area contributed by atoms with Gasteiger partial charge in [-0.05, 0) is 30.9 Å². The quantitative estimate of drug-likeness (QED) is 0.865. The van der Waals surface area contributed by atoms with E-state index in [1.54, 1.807) is 0 Å². The van der Waals surface area contributed by atoms with Gasteiger partial charge in [0, 0.05) is 18.7 Å². The lowest BCUT2D eigenvalue weighted by Gasteiger charge is -2.34. The zero-order chi connectivity index (χ0) is 12.6. The summed E-state index contributed by atoms with van der Waals surface area (Å²) in [6, 6.07) is 7.80. The number of benzene rings is 1. The van der Waals surface area contributed by atoms with Gasteiger partial charge in [0.1, 0.15) is 0 Å². The van der Waals surface area contributed by atoms with E-state index in [4.69, 9.17) is 0 Å². The van der Waals surface area contributed by atoms with Gasteiger partial charge in [0.05, 0.1) is 5.60 Å². The van der Waals surface area contributed by atoms with Crippen molar-refractivity contribution in [3.05, 3.63) is 35.4 Å². The second-order valence-electron chi connectivity index (χ2n) is 5.57. The molecule has 1 fully saturated rings. The van der Waals surface area contributed by atoms with Crippen molar-refractivity contribution in [2.24, 2.45) is 0 Å². The summed E-state index contributed by atoms with van der Waals surface area (Å²) < 4.78 is 0. The van der Waals surface area contributed by atoms with E-state index in [-0.39, 0.29) is 5.91 Å². The number of fused-ring (bicyclic) bond motifs is 1. The molecule has 1 saturated carbocycles. The van der Waals surface area contributed by atoms with Crippen LogP contribution in [0.5, 0.6) is 0 Å². The fourth-order valence-electron chi connectivity index (χ4n) is 3.17. The van der Waals surface area contributed by atoms with E-state index in [9.17, 15) is 9.90 Å². The third-order valence-corrected chi connectivity index (χ3v) is 4.21. The minimum atomic E-state index is -0.637. The third kappa shape index (κ3) is 2.03. The van der Waals surface area contributed by atoms with Crippen LogP contribution in [0, 0.1) is 0 Å². The Bertz CT molecular complexity index is 463. The van der Waals surface area contributed by atoms with Gasteiger partial charge in [-0.15, -0.1) is 0 Å². The number of carbonyl (C=O) groups is 1. The highest BCUT2D eigenvalue weighted by Crippen LogP contribution is 2.31. The van der Waals surface area contributed by atoms with Crippen LogP contribution in [-0.2, 0) is 6.42 Å². The SMILES string of the molecule is O=C1c2ccccc2CCN1CC1(O)CCCC1. The minimum absolute atomic E-state index is 0.0807. The van der Waals surface area contributed by atoms with Crippen molar-refractivity contribution in [3.8, 4) is 0 Å². The summed E-state index contributed by atoms with van der Waals surface area (Å²) in [5.74, 6) is 0.0807. The van der Waals surface area contributed by atoms with Crippen molar-refractivity contribution in [2.75, 3.05) is 13.1 Å². The van der Waals surface area contributed by atoms with E-state index in [0.717, 1.165) is 49.8 Å². The van der Waals surface area contributed by atoms with Gasteiger partial charge in [-0.25, -0.2) is 0 Å². The van der Waals surface area contributed by atoms with Gasteiger partial charge in [-0.2, -0.15) is 0 Å². The molecule has 0 radical (unpaired) electrons. The Hall–Kier alpha value is -1.35. The minimum Gasteiger partial charge on any atom is -0.388 e. The van der Waals surface area contributed by atoms with Crippen LogP contribution >= 0.6 is 0 Å². The molecule has 0 unspecified atom stereocenters. The summed E-state index contributed by atoms with van der Waals surface area (Å²) in [5.41, 5.74) is 1.31. The van der Waals surface area contributed by atoms with Crippen molar-refractivity contribution < 1.29 is 9.90 Å². The average Bonchev–Trinajstić information content (AvgIpc) is 2.80. The molecule has 3 heteroatoms. The third-order valence-electron chi connectivity index (χ3n) is 4.21. The van der Waals surface area contributed by atoms with Crippen LogP contribution < -0.4 is 0 Å². The zero-order valence-electron chi connectivity index (χ0n) is 10.6. The summed E-state index contributed by atoms with van der Waals surface area (Å²) >= 11 is 0. The Morgan fingerprint density at radius 2 is 1.94 bits per heavy atom. The molecular weight excluding hydrogens is 226 g/mol. The maximum atomic E-state index is 12.4. The number of aliphatic hydroxyl groups is 1. The lowest BCUT2D eigenvalue weighted by Crippen LogP contribution is -2.47. The first-order chi connectivity index (χ1) is 8.68. The second kappa shape index (κ2) is 4.39. The van der Waals surface area contributed by atoms with Gasteiger partial charge in [-0.3, -0.25) is 4.79 Å². The Balaban J connectivity index is 1.78. The molecule has 1 aliphatic carbocycles. The fraction of sp³-hybridized carbons (Fsp3) is 0.533. The molecule has 1 N–H and O–H groups in total. The lowest BCUT2D eigenvalue weighted by atomic mass is 9.96. The molecule has 1 heterocycles. The van der Waals surface area contributed by atoms with Gasteiger partial charge in [0.15, 0.2) is 0 Å². The number of nitrogens with zero attached hydrogens (tertiary/aromatic N) is 1. The molecule has 0 spiro atoms. The Morgan fingerprint density at radius 1 is 1.22 bits per heavy atom. The highest BCUT2D eigenvalue weighted by atomic mass is 16.3. The topological polar surface area (TPSA) is 40.5 Å². The highest BCUT2D eigenvalue weighted by Gasteiger charge is 2.36. The normalized spacial score (nSPS) is 22.1. The first-order valence-electron chi connectivity index (χ1n) is 6.78. The van der Waals surface area contributed by atoms with E-state index in [0.29, 0.717) is 6.54 Å². The summed E-state index contributed by atoms with van der Waals surface area (Å²) in [6.07, 6.45) is 4.72. The van der Waals surface area contributed by atoms with Gasteiger partial charge in [0.2, 0.25) is 0 Å². The molecule has 0 aromatic heterocycles. The maximum Gasteiger partial charge on any atom is 0.254 e. The first kappa shape index (κ1) is 11.7. The summed E-state index contributed by atoms with van der Waals surface area (Å²) in [7, 11) is 0. The molecule has 1 aromatic carbocycles. The molecule has 1 amide bonds. The van der Waals surface area contributed by atoms with Crippen molar-refractivity contribution in [1.29, 1.82) is 0 Å². The van der Waals surface area contributed by atoms with E-state index >= 15 is 0 Å². The second-order valence-corrected chi connectivity index (χ2v) is 5.57. The van der Waals surface area contributed by atoms with Gasteiger partial charge >= 0.3 is 0 Å². The molecule has 3 rings (SSSR count). The van der Waals surface area contributed by atoms with E-state index in [1.807, 2.05) is 29.2 Å². The molecule has 96 valence electrons. The van der Waals surface area contributed by atoms with Gasteiger partial charge in [0.25, 0.3) is 5.91 Å². The van der Waals surface area contributed by atoms with Crippen molar-refractivity contribution in [1.82, 2.24) is 4.90 Å². The Kier molecular flexibility index (Phi) is 2.86. The monoisotopic (exact) mass is 245 g/mol. The fourth-order valence-corrected chi connectivity index (χ4v) is 3.17. The molecule has 2 aliphatic rings. The van der Waals surface area contributed by atoms with Crippen LogP contribution in [0.2, 0.25) is 0 Å². The largest absolute Gasteiger partial charge is 0.388 e. The van der Waals surface area contributed by atoms with Crippen LogP contribution in [0.15, 0.2) is 24.3 Å². The van der Waals surface area contributed by atoms with Crippen LogP contribution in [-0.4, -0.2) is 34.6 Å². The predicted molar refractivity (Wildman–Crippen MR) is 69.5 cm³/mol. The lowest BCUT2D eigenvalue weighted by molar-refractivity contribution is 0.00878. The summed E-state index contributed by atoms with van der Waals surface area (Å²) in [6.45, 7) is 1.23. The molecule has 1 aromatic rings. The van der Waals surface area contributed by atoms with E-state index in [1.165, 1.54) is 0 Å². The molecule has 0 bridgehead atoms. The Labute approximate surface area is 107 Å². The number of β-amino-alcohol motifs (C(OH)–C–C–N with tert-alkyl or cyclic N) is 1. The smallest absolute Gasteiger partial charge is 0.254 e. The highest BCUT2D eigenvalue weighted by molar-refractivity contribution is 5.96. The van der Waals surface area contributed by atoms with E-state index in [2.05, 4.69) is 0 Å². The predicted octanol–water partition coefficient (Wildman–Crippen LogP) is 1.99. The summed E-state index contributed by atoms with van der Waals surface area (Å²) in [5, 5.41) is 10.4. The number of amides is 1. The van der Waals surface area contributed by atoms with Crippen LogP contribution in [0.25, 0.3) is 0 Å². The molecule has 18 heavy (non-hydrogen) atoms. The number of carbonyl (C=O) groups excluding carboxylic acids is 1. The molecule has 0 saturated heterocycles. The molecule has 0 atom stereocenters. The molecule has 3 nitrogen and oxygen atoms in total. The van der Waals surface area contributed by atoms with Crippen molar-refractivity contribution >= 4 is 5.91 Å². The van der Waals surface area contributed by atoms with Crippen molar-refractivity contribution in [3.63, 3.8) is 0 Å². The number of hydrogen-bond donors (Lipinski definition) is 1. The zero-order valence-corrected chi connectivity index (χ0v) is 10.6. The van der Waals surface area contributed by atoms with Crippen LogP contribution in [0.1, 0.15) is 41.6 Å². The van der Waals surface area contributed by atoms with Crippen LogP contribution in [0.3, 0.4) is 0 Å². The first-order valence-corrected chi connectivity index (χ1v) is 6.78. The maximum absolute atomic E-state index is 12.4. The van der Waals surface area contributed by atoms with Crippen LogP contribution in [0.4, 0.5) is 0 Å². The van der Waals surface area contributed by atoms with Gasteiger partial charge < -0.3 is 10.0 Å².